The summed E-state index contributed by atoms with van der Waals surface area (Å²) in [5.74, 6) is -0.214. The van der Waals surface area contributed by atoms with Crippen LogP contribution in [0.5, 0.6) is 5.75 Å². The Morgan fingerprint density at radius 2 is 1.84 bits per heavy atom. The molecule has 3 atom stereocenters. The number of carbonyl (C=O) groups excluding carboxylic acids is 1. The third kappa shape index (κ3) is 4.69. The molecule has 0 radical (unpaired) electrons. The second-order valence-electron chi connectivity index (χ2n) is 6.18. The minimum absolute atomic E-state index is 0.0558. The smallest absolute Gasteiger partial charge is 0.255 e. The van der Waals surface area contributed by atoms with Crippen molar-refractivity contribution in [3.63, 3.8) is 0 Å². The third-order valence-corrected chi connectivity index (χ3v) is 5.85. The van der Waals surface area contributed by atoms with Crippen LogP contribution in [-0.2, 0) is 24.3 Å². The number of ether oxygens (including phenoxy) is 3. The monoisotopic (exact) mass is 370 g/mol. The van der Waals surface area contributed by atoms with E-state index >= 15 is 0 Å². The van der Waals surface area contributed by atoms with Gasteiger partial charge in [-0.1, -0.05) is 0 Å². The lowest BCUT2D eigenvalue weighted by Crippen LogP contribution is -2.49. The minimum Gasteiger partial charge on any atom is -0.484 e. The molecule has 25 heavy (non-hydrogen) atoms. The summed E-state index contributed by atoms with van der Waals surface area (Å²) in [6, 6.07) is 5.67. The maximum atomic E-state index is 12.5. The zero-order valence-electron chi connectivity index (χ0n) is 13.7. The summed E-state index contributed by atoms with van der Waals surface area (Å²) in [5, 5.41) is 0. The van der Waals surface area contributed by atoms with Crippen molar-refractivity contribution in [2.45, 2.75) is 42.4 Å². The van der Waals surface area contributed by atoms with Gasteiger partial charge in [-0.15, -0.1) is 0 Å². The van der Waals surface area contributed by atoms with E-state index in [1.807, 2.05) is 0 Å². The average Bonchev–Trinajstić information content (AvgIpc) is 2.60. The van der Waals surface area contributed by atoms with E-state index in [4.69, 9.17) is 19.9 Å². The molecule has 8 nitrogen and oxygen atoms in total. The molecule has 1 amide bonds. The van der Waals surface area contributed by atoms with E-state index < -0.39 is 15.9 Å². The van der Waals surface area contributed by atoms with Gasteiger partial charge in [0.15, 0.2) is 6.61 Å². The summed E-state index contributed by atoms with van der Waals surface area (Å²) in [6.07, 6.45) is 2.10. The van der Waals surface area contributed by atoms with Gasteiger partial charge in [0, 0.05) is 6.04 Å². The third-order valence-electron chi connectivity index (χ3n) is 4.32. The fourth-order valence-electron chi connectivity index (χ4n) is 3.13. The van der Waals surface area contributed by atoms with Crippen molar-refractivity contribution in [1.82, 2.24) is 4.72 Å². The summed E-state index contributed by atoms with van der Waals surface area (Å²) in [4.78, 5) is 10.8. The van der Waals surface area contributed by atoms with Crippen LogP contribution < -0.4 is 15.2 Å². The van der Waals surface area contributed by atoms with Crippen molar-refractivity contribution in [3.8, 4) is 5.75 Å². The Hall–Kier alpha value is -1.68. The zero-order valence-corrected chi connectivity index (χ0v) is 14.5. The molecule has 3 rings (SSSR count). The Morgan fingerprint density at radius 1 is 1.16 bits per heavy atom. The van der Waals surface area contributed by atoms with Crippen molar-refractivity contribution >= 4 is 15.9 Å². The van der Waals surface area contributed by atoms with E-state index in [2.05, 4.69) is 4.72 Å². The Balaban J connectivity index is 1.60. The molecule has 3 N–H and O–H groups in total. The number of rotatable bonds is 6. The van der Waals surface area contributed by atoms with E-state index in [1.54, 1.807) is 0 Å². The number of hydrogen-bond donors (Lipinski definition) is 2. The summed E-state index contributed by atoms with van der Waals surface area (Å²) in [5.41, 5.74) is 5.00. The van der Waals surface area contributed by atoms with Gasteiger partial charge in [0.05, 0.1) is 30.3 Å². The van der Waals surface area contributed by atoms with Crippen LogP contribution >= 0.6 is 0 Å². The standard InChI is InChI=1S/C16H22N2O6S/c17-16(19)10-24-12-2-4-13(5-3-12)25(20,21)18-11-1-6-14-15(9-11)23-8-7-22-14/h2-5,11,14-15,18H,1,6-10H2,(H2,17,19). The molecule has 1 aromatic carbocycles. The first kappa shape index (κ1) is 18.1. The summed E-state index contributed by atoms with van der Waals surface area (Å²) < 4.78 is 44.3. The number of nitrogens with one attached hydrogen (secondary N) is 1. The maximum absolute atomic E-state index is 12.5. The van der Waals surface area contributed by atoms with Gasteiger partial charge >= 0.3 is 0 Å². The van der Waals surface area contributed by atoms with Crippen LogP contribution in [0.25, 0.3) is 0 Å². The molecular formula is C16H22N2O6S. The molecule has 1 saturated carbocycles. The number of carbonyl (C=O) groups is 1. The minimum atomic E-state index is -3.64. The zero-order chi connectivity index (χ0) is 17.9. The summed E-state index contributed by atoms with van der Waals surface area (Å²) in [7, 11) is -3.64. The van der Waals surface area contributed by atoms with E-state index in [1.165, 1.54) is 24.3 Å². The van der Waals surface area contributed by atoms with E-state index in [-0.39, 0.29) is 29.8 Å². The lowest BCUT2D eigenvalue weighted by atomic mass is 9.90. The van der Waals surface area contributed by atoms with Crippen molar-refractivity contribution in [2.75, 3.05) is 19.8 Å². The van der Waals surface area contributed by atoms with Gasteiger partial charge in [0.25, 0.3) is 5.91 Å². The second-order valence-corrected chi connectivity index (χ2v) is 7.89. The van der Waals surface area contributed by atoms with Crippen molar-refractivity contribution in [1.29, 1.82) is 0 Å². The van der Waals surface area contributed by atoms with Crippen molar-refractivity contribution in [3.05, 3.63) is 24.3 Å². The van der Waals surface area contributed by atoms with E-state index in [0.29, 0.717) is 31.8 Å². The van der Waals surface area contributed by atoms with Crippen LogP contribution in [-0.4, -0.2) is 52.4 Å². The van der Waals surface area contributed by atoms with Crippen molar-refractivity contribution in [2.24, 2.45) is 5.73 Å². The molecule has 1 aliphatic carbocycles. The van der Waals surface area contributed by atoms with Gasteiger partial charge in [0.1, 0.15) is 5.75 Å². The molecule has 0 aromatic heterocycles. The Kier molecular flexibility index (Phi) is 5.57. The molecule has 9 heteroatoms. The van der Waals surface area contributed by atoms with Gasteiger partial charge in [0.2, 0.25) is 10.0 Å². The molecule has 3 unspecified atom stereocenters. The molecule has 1 aliphatic heterocycles. The van der Waals surface area contributed by atoms with Gasteiger partial charge in [-0.25, -0.2) is 13.1 Å². The first-order chi connectivity index (χ1) is 11.9. The summed E-state index contributed by atoms with van der Waals surface area (Å²) >= 11 is 0. The highest BCUT2D eigenvalue weighted by molar-refractivity contribution is 7.89. The van der Waals surface area contributed by atoms with Crippen LogP contribution in [0.15, 0.2) is 29.2 Å². The largest absolute Gasteiger partial charge is 0.484 e. The second kappa shape index (κ2) is 7.69. The number of sulfonamides is 1. The Labute approximate surface area is 146 Å². The maximum Gasteiger partial charge on any atom is 0.255 e. The SMILES string of the molecule is NC(=O)COc1ccc(S(=O)(=O)NC2CCC3OCCOC3C2)cc1. The number of fused-ring (bicyclic) bond motifs is 1. The Bertz CT molecular complexity index is 706. The van der Waals surface area contributed by atoms with Gasteiger partial charge in [-0.3, -0.25) is 4.79 Å². The first-order valence-electron chi connectivity index (χ1n) is 8.21. The fourth-order valence-corrected chi connectivity index (χ4v) is 4.41. The molecule has 1 aromatic rings. The van der Waals surface area contributed by atoms with Gasteiger partial charge in [-0.05, 0) is 43.5 Å². The summed E-state index contributed by atoms with van der Waals surface area (Å²) in [6.45, 7) is 0.895. The normalized spacial score (nSPS) is 26.6. The van der Waals surface area contributed by atoms with Gasteiger partial charge < -0.3 is 19.9 Å². The lowest BCUT2D eigenvalue weighted by molar-refractivity contribution is -0.156. The highest BCUT2D eigenvalue weighted by Crippen LogP contribution is 2.28. The number of nitrogens with two attached hydrogens (primary N) is 1. The molecule has 1 saturated heterocycles. The molecule has 2 fully saturated rings. The number of benzene rings is 1. The average molecular weight is 370 g/mol. The molecule has 138 valence electrons. The molecule has 0 spiro atoms. The van der Waals surface area contributed by atoms with Gasteiger partial charge in [-0.2, -0.15) is 0 Å². The number of amides is 1. The first-order valence-corrected chi connectivity index (χ1v) is 9.69. The fraction of sp³-hybridized carbons (Fsp3) is 0.562. The predicted octanol–water partition coefficient (Wildman–Crippen LogP) is 0.166. The molecule has 0 bridgehead atoms. The number of hydrogen-bond acceptors (Lipinski definition) is 6. The highest BCUT2D eigenvalue weighted by Gasteiger charge is 2.35. The molecule has 2 aliphatic rings. The quantitative estimate of drug-likeness (QED) is 0.737. The Morgan fingerprint density at radius 3 is 2.52 bits per heavy atom. The van der Waals surface area contributed by atoms with Crippen LogP contribution in [0.4, 0.5) is 0 Å². The topological polar surface area (TPSA) is 117 Å². The van der Waals surface area contributed by atoms with E-state index in [9.17, 15) is 13.2 Å². The van der Waals surface area contributed by atoms with Crippen LogP contribution in [0.1, 0.15) is 19.3 Å². The molecular weight excluding hydrogens is 348 g/mol. The van der Waals surface area contributed by atoms with Crippen molar-refractivity contribution < 1.29 is 27.4 Å². The highest BCUT2D eigenvalue weighted by atomic mass is 32.2. The number of primary amides is 1. The molecule has 1 heterocycles. The van der Waals surface area contributed by atoms with E-state index in [0.717, 1.165) is 6.42 Å². The van der Waals surface area contributed by atoms with Crippen LogP contribution in [0.3, 0.4) is 0 Å². The predicted molar refractivity (Wildman–Crippen MR) is 88.6 cm³/mol. The van der Waals surface area contributed by atoms with Crippen LogP contribution in [0.2, 0.25) is 0 Å². The lowest BCUT2D eigenvalue weighted by Gasteiger charge is -2.38. The van der Waals surface area contributed by atoms with Crippen LogP contribution in [0, 0.1) is 0 Å².